The average molecular weight is 316 g/mol. The highest BCUT2D eigenvalue weighted by Gasteiger charge is 2.23. The van der Waals surface area contributed by atoms with Gasteiger partial charge in [0.15, 0.2) is 0 Å². The number of carbonyl (C=O) groups is 1. The Morgan fingerprint density at radius 2 is 2.38 bits per heavy atom. The zero-order valence-electron chi connectivity index (χ0n) is 11.5. The van der Waals surface area contributed by atoms with Crippen LogP contribution in [0.15, 0.2) is 22.9 Å². The fourth-order valence-electron chi connectivity index (χ4n) is 2.54. The Morgan fingerprint density at radius 3 is 3.24 bits per heavy atom. The highest BCUT2D eigenvalue weighted by atomic mass is 32.1. The zero-order valence-corrected chi connectivity index (χ0v) is 13.2. The molecule has 0 saturated heterocycles. The molecule has 2 aromatic heterocycles. The van der Waals surface area contributed by atoms with Gasteiger partial charge in [0.25, 0.3) is 5.91 Å². The summed E-state index contributed by atoms with van der Waals surface area (Å²) in [5.41, 5.74) is 7.33. The van der Waals surface area contributed by atoms with Crippen molar-refractivity contribution in [2.45, 2.75) is 25.3 Å². The Balaban J connectivity index is 1.71. The molecular weight excluding hydrogens is 300 g/mol. The minimum Gasteiger partial charge on any atom is -0.345 e. The van der Waals surface area contributed by atoms with Crippen LogP contribution in [0.2, 0.25) is 0 Å². The third kappa shape index (κ3) is 3.18. The van der Waals surface area contributed by atoms with Crippen molar-refractivity contribution in [1.29, 1.82) is 0 Å². The summed E-state index contributed by atoms with van der Waals surface area (Å²) in [6.45, 7) is 0.336. The molecule has 3 N–H and O–H groups in total. The first kappa shape index (κ1) is 14.3. The quantitative estimate of drug-likeness (QED) is 0.837. The predicted octanol–water partition coefficient (Wildman–Crippen LogP) is 2.93. The first-order chi connectivity index (χ1) is 10.3. The van der Waals surface area contributed by atoms with E-state index in [-0.39, 0.29) is 11.9 Å². The Morgan fingerprint density at radius 1 is 1.48 bits per heavy atom. The SMILES string of the molecule is NCC#Cc1cc(C(=O)NC2CCCc3sccc32)cs1. The van der Waals surface area contributed by atoms with Gasteiger partial charge in [0.1, 0.15) is 0 Å². The smallest absolute Gasteiger partial charge is 0.252 e. The van der Waals surface area contributed by atoms with Gasteiger partial charge in [-0.05, 0) is 42.3 Å². The molecule has 2 aromatic rings. The molecule has 0 aliphatic heterocycles. The third-order valence-corrected chi connectivity index (χ3v) is 5.37. The van der Waals surface area contributed by atoms with E-state index < -0.39 is 0 Å². The van der Waals surface area contributed by atoms with E-state index in [1.807, 2.05) is 11.4 Å². The van der Waals surface area contributed by atoms with E-state index in [1.54, 1.807) is 11.3 Å². The standard InChI is InChI=1S/C16H16N2OS2/c17-7-2-3-12-9-11(10-21-12)16(19)18-14-4-1-5-15-13(14)6-8-20-15/h6,8-10,14H,1,4-5,7,17H2,(H,18,19). The van der Waals surface area contributed by atoms with Gasteiger partial charge in [-0.2, -0.15) is 0 Å². The van der Waals surface area contributed by atoms with Crippen LogP contribution >= 0.6 is 22.7 Å². The van der Waals surface area contributed by atoms with Crippen molar-refractivity contribution in [3.8, 4) is 11.8 Å². The van der Waals surface area contributed by atoms with Crippen LogP contribution in [0.3, 0.4) is 0 Å². The lowest BCUT2D eigenvalue weighted by atomic mass is 9.94. The van der Waals surface area contributed by atoms with Crippen LogP contribution in [0.4, 0.5) is 0 Å². The van der Waals surface area contributed by atoms with Crippen molar-refractivity contribution in [2.75, 3.05) is 6.54 Å². The van der Waals surface area contributed by atoms with Gasteiger partial charge in [-0.25, -0.2) is 0 Å². The van der Waals surface area contributed by atoms with E-state index in [0.29, 0.717) is 12.1 Å². The Kier molecular flexibility index (Phi) is 4.39. The van der Waals surface area contributed by atoms with E-state index in [2.05, 4.69) is 28.6 Å². The van der Waals surface area contributed by atoms with Gasteiger partial charge in [-0.3, -0.25) is 4.79 Å². The van der Waals surface area contributed by atoms with Crippen molar-refractivity contribution in [2.24, 2.45) is 5.73 Å². The molecule has 0 radical (unpaired) electrons. The van der Waals surface area contributed by atoms with Crippen molar-refractivity contribution in [3.63, 3.8) is 0 Å². The normalized spacial score (nSPS) is 16.7. The van der Waals surface area contributed by atoms with Gasteiger partial charge in [-0.15, -0.1) is 22.7 Å². The predicted molar refractivity (Wildman–Crippen MR) is 87.7 cm³/mol. The van der Waals surface area contributed by atoms with Gasteiger partial charge in [0.2, 0.25) is 0 Å². The maximum atomic E-state index is 12.4. The number of thiophene rings is 2. The average Bonchev–Trinajstić information content (AvgIpc) is 3.14. The first-order valence-electron chi connectivity index (χ1n) is 6.92. The van der Waals surface area contributed by atoms with Gasteiger partial charge in [0.05, 0.1) is 23.0 Å². The summed E-state index contributed by atoms with van der Waals surface area (Å²) in [4.78, 5) is 14.6. The van der Waals surface area contributed by atoms with Crippen molar-refractivity contribution >= 4 is 28.6 Å². The van der Waals surface area contributed by atoms with Crippen molar-refractivity contribution < 1.29 is 4.79 Å². The maximum absolute atomic E-state index is 12.4. The number of hydrogen-bond donors (Lipinski definition) is 2. The summed E-state index contributed by atoms with van der Waals surface area (Å²) in [5.74, 6) is 5.75. The van der Waals surface area contributed by atoms with E-state index >= 15 is 0 Å². The molecule has 1 amide bonds. The third-order valence-electron chi connectivity index (χ3n) is 3.53. The molecule has 1 atom stereocenters. The van der Waals surface area contributed by atoms with Crippen LogP contribution in [0.25, 0.3) is 0 Å². The number of nitrogens with two attached hydrogens (primary N) is 1. The molecule has 1 aliphatic rings. The van der Waals surface area contributed by atoms with Gasteiger partial charge < -0.3 is 11.1 Å². The topological polar surface area (TPSA) is 55.1 Å². The number of hydrogen-bond acceptors (Lipinski definition) is 4. The summed E-state index contributed by atoms with van der Waals surface area (Å²) in [6, 6.07) is 4.11. The zero-order chi connectivity index (χ0) is 14.7. The fraction of sp³-hybridized carbons (Fsp3) is 0.312. The monoisotopic (exact) mass is 316 g/mol. The second-order valence-corrected chi connectivity index (χ2v) is 6.83. The Bertz CT molecular complexity index is 705. The summed E-state index contributed by atoms with van der Waals surface area (Å²) in [6.07, 6.45) is 3.28. The van der Waals surface area contributed by atoms with Crippen LogP contribution in [-0.2, 0) is 6.42 Å². The molecular formula is C16H16N2OS2. The van der Waals surface area contributed by atoms with Crippen LogP contribution in [-0.4, -0.2) is 12.5 Å². The molecule has 0 spiro atoms. The minimum absolute atomic E-state index is 0.0175. The number of aryl methyl sites for hydroxylation is 1. The maximum Gasteiger partial charge on any atom is 0.252 e. The molecule has 21 heavy (non-hydrogen) atoms. The number of fused-ring (bicyclic) bond motifs is 1. The van der Waals surface area contributed by atoms with Crippen molar-refractivity contribution in [3.05, 3.63) is 43.8 Å². The van der Waals surface area contributed by atoms with E-state index in [9.17, 15) is 4.79 Å². The molecule has 108 valence electrons. The highest BCUT2D eigenvalue weighted by Crippen LogP contribution is 2.33. The molecule has 0 aromatic carbocycles. The molecule has 1 unspecified atom stereocenters. The molecule has 1 aliphatic carbocycles. The lowest BCUT2D eigenvalue weighted by molar-refractivity contribution is 0.0933. The second-order valence-electron chi connectivity index (χ2n) is 4.92. The Labute approximate surface area is 132 Å². The summed E-state index contributed by atoms with van der Waals surface area (Å²) in [5, 5.41) is 7.11. The summed E-state index contributed by atoms with van der Waals surface area (Å²) in [7, 11) is 0. The van der Waals surface area contributed by atoms with E-state index in [4.69, 9.17) is 5.73 Å². The van der Waals surface area contributed by atoms with Crippen LogP contribution in [0.5, 0.6) is 0 Å². The highest BCUT2D eigenvalue weighted by molar-refractivity contribution is 7.10. The lowest BCUT2D eigenvalue weighted by Crippen LogP contribution is -2.30. The second kappa shape index (κ2) is 6.44. The molecule has 3 nitrogen and oxygen atoms in total. The molecule has 2 heterocycles. The van der Waals surface area contributed by atoms with E-state index in [0.717, 1.165) is 24.1 Å². The summed E-state index contributed by atoms with van der Waals surface area (Å²) >= 11 is 3.27. The van der Waals surface area contributed by atoms with Crippen LogP contribution < -0.4 is 11.1 Å². The minimum atomic E-state index is -0.0175. The van der Waals surface area contributed by atoms with Crippen LogP contribution in [0.1, 0.15) is 44.6 Å². The molecule has 0 fully saturated rings. The van der Waals surface area contributed by atoms with Crippen LogP contribution in [0, 0.1) is 11.8 Å². The lowest BCUT2D eigenvalue weighted by Gasteiger charge is -2.23. The molecule has 0 bridgehead atoms. The van der Waals surface area contributed by atoms with Gasteiger partial charge >= 0.3 is 0 Å². The van der Waals surface area contributed by atoms with Gasteiger partial charge in [-0.1, -0.05) is 11.8 Å². The van der Waals surface area contributed by atoms with Gasteiger partial charge in [0, 0.05) is 10.3 Å². The first-order valence-corrected chi connectivity index (χ1v) is 8.68. The molecule has 5 heteroatoms. The number of nitrogens with one attached hydrogen (secondary N) is 1. The number of amides is 1. The molecule has 0 saturated carbocycles. The largest absolute Gasteiger partial charge is 0.345 e. The molecule has 3 rings (SSSR count). The Hall–Kier alpha value is -1.61. The van der Waals surface area contributed by atoms with Crippen molar-refractivity contribution in [1.82, 2.24) is 5.32 Å². The number of carbonyl (C=O) groups excluding carboxylic acids is 1. The van der Waals surface area contributed by atoms with E-state index in [1.165, 1.54) is 21.8 Å². The number of rotatable bonds is 2. The fourth-order valence-corrected chi connectivity index (χ4v) is 4.28. The summed E-state index contributed by atoms with van der Waals surface area (Å²) < 4.78 is 0.